The molecule has 0 saturated heterocycles. The van der Waals surface area contributed by atoms with Gasteiger partial charge in [0.2, 0.25) is 0 Å². The van der Waals surface area contributed by atoms with Crippen LogP contribution in [-0.4, -0.2) is 16.1 Å². The summed E-state index contributed by atoms with van der Waals surface area (Å²) in [6.07, 6.45) is 1.80. The van der Waals surface area contributed by atoms with Crippen molar-refractivity contribution < 1.29 is 9.90 Å². The maximum atomic E-state index is 10.9. The van der Waals surface area contributed by atoms with Crippen LogP contribution in [0.5, 0.6) is 0 Å². The van der Waals surface area contributed by atoms with Gasteiger partial charge in [0.1, 0.15) is 0 Å². The van der Waals surface area contributed by atoms with E-state index < -0.39 is 5.97 Å². The van der Waals surface area contributed by atoms with E-state index in [9.17, 15) is 4.79 Å². The van der Waals surface area contributed by atoms with Crippen LogP contribution in [0, 0.1) is 13.8 Å². The highest BCUT2D eigenvalue weighted by molar-refractivity contribution is 5.90. The lowest BCUT2D eigenvalue weighted by atomic mass is 10.0. The van der Waals surface area contributed by atoms with E-state index in [1.807, 2.05) is 31.2 Å². The van der Waals surface area contributed by atoms with Gasteiger partial charge in [0.05, 0.1) is 5.56 Å². The molecule has 0 radical (unpaired) electrons. The second-order valence-electron chi connectivity index (χ2n) is 4.02. The van der Waals surface area contributed by atoms with Crippen LogP contribution in [0.2, 0.25) is 0 Å². The van der Waals surface area contributed by atoms with E-state index in [-0.39, 0.29) is 0 Å². The minimum absolute atomic E-state index is 0.342. The first kappa shape index (κ1) is 11.3. The van der Waals surface area contributed by atoms with Gasteiger partial charge in [-0.25, -0.2) is 4.79 Å². The number of pyridine rings is 1. The van der Waals surface area contributed by atoms with Gasteiger partial charge in [-0.2, -0.15) is 0 Å². The molecule has 2 aromatic rings. The smallest absolute Gasteiger partial charge is 0.335 e. The number of benzene rings is 1. The number of carbonyl (C=O) groups is 1. The zero-order valence-corrected chi connectivity index (χ0v) is 9.77. The molecule has 0 aliphatic carbocycles. The van der Waals surface area contributed by atoms with Gasteiger partial charge in [-0.1, -0.05) is 18.2 Å². The summed E-state index contributed by atoms with van der Waals surface area (Å²) in [5.74, 6) is -0.893. The Labute approximate surface area is 99.8 Å². The third-order valence-electron chi connectivity index (χ3n) is 2.70. The molecule has 0 fully saturated rings. The summed E-state index contributed by atoms with van der Waals surface area (Å²) in [5.41, 5.74) is 4.05. The first-order valence-corrected chi connectivity index (χ1v) is 5.35. The Morgan fingerprint density at radius 3 is 2.35 bits per heavy atom. The largest absolute Gasteiger partial charge is 0.478 e. The van der Waals surface area contributed by atoms with Crippen LogP contribution in [-0.2, 0) is 0 Å². The fourth-order valence-corrected chi connectivity index (χ4v) is 1.72. The molecule has 0 spiro atoms. The van der Waals surface area contributed by atoms with Crippen LogP contribution in [0.15, 0.2) is 36.5 Å². The second-order valence-corrected chi connectivity index (χ2v) is 4.02. The minimum atomic E-state index is -0.893. The Balaban J connectivity index is 2.44. The minimum Gasteiger partial charge on any atom is -0.478 e. The summed E-state index contributed by atoms with van der Waals surface area (Å²) in [4.78, 5) is 15.1. The Morgan fingerprint density at radius 1 is 1.12 bits per heavy atom. The van der Waals surface area contributed by atoms with Crippen LogP contribution in [0.3, 0.4) is 0 Å². The number of carboxylic acids is 1. The maximum absolute atomic E-state index is 10.9. The molecule has 0 aliphatic heterocycles. The van der Waals surface area contributed by atoms with Crippen molar-refractivity contribution in [3.8, 4) is 11.1 Å². The first-order chi connectivity index (χ1) is 8.08. The van der Waals surface area contributed by atoms with Crippen LogP contribution in [0.1, 0.15) is 21.6 Å². The Morgan fingerprint density at radius 2 is 1.82 bits per heavy atom. The molecule has 3 nitrogen and oxygen atoms in total. The molecule has 0 unspecified atom stereocenters. The van der Waals surface area contributed by atoms with E-state index in [2.05, 4.69) is 4.98 Å². The molecular formula is C14H13NO2. The summed E-state index contributed by atoms with van der Waals surface area (Å²) in [6, 6.07) is 9.23. The zero-order valence-electron chi connectivity index (χ0n) is 9.77. The average molecular weight is 227 g/mol. The molecule has 1 aromatic carbocycles. The summed E-state index contributed by atoms with van der Waals surface area (Å²) in [7, 11) is 0. The van der Waals surface area contributed by atoms with Gasteiger partial charge in [-0.15, -0.1) is 0 Å². The molecule has 86 valence electrons. The van der Waals surface area contributed by atoms with Crippen molar-refractivity contribution in [3.05, 3.63) is 53.3 Å². The van der Waals surface area contributed by atoms with E-state index in [4.69, 9.17) is 5.11 Å². The molecular weight excluding hydrogens is 214 g/mol. The fourth-order valence-electron chi connectivity index (χ4n) is 1.72. The van der Waals surface area contributed by atoms with Crippen molar-refractivity contribution in [2.24, 2.45) is 0 Å². The third kappa shape index (κ3) is 2.33. The van der Waals surface area contributed by atoms with Gasteiger partial charge in [0, 0.05) is 17.5 Å². The number of rotatable bonds is 2. The number of aromatic carboxylic acids is 1. The Kier molecular flexibility index (Phi) is 2.91. The highest BCUT2D eigenvalue weighted by Crippen LogP contribution is 2.21. The first-order valence-electron chi connectivity index (χ1n) is 5.35. The van der Waals surface area contributed by atoms with Crippen molar-refractivity contribution >= 4 is 5.97 Å². The van der Waals surface area contributed by atoms with Gasteiger partial charge < -0.3 is 5.11 Å². The highest BCUT2D eigenvalue weighted by atomic mass is 16.4. The highest BCUT2D eigenvalue weighted by Gasteiger charge is 2.07. The maximum Gasteiger partial charge on any atom is 0.335 e. The topological polar surface area (TPSA) is 50.2 Å². The third-order valence-corrected chi connectivity index (χ3v) is 2.70. The zero-order chi connectivity index (χ0) is 12.4. The van der Waals surface area contributed by atoms with Gasteiger partial charge in [-0.3, -0.25) is 4.98 Å². The van der Waals surface area contributed by atoms with Crippen LogP contribution in [0.25, 0.3) is 11.1 Å². The molecule has 3 heteroatoms. The number of aryl methyl sites for hydroxylation is 2. The van der Waals surface area contributed by atoms with Crippen molar-refractivity contribution in [2.45, 2.75) is 13.8 Å². The molecule has 0 saturated carbocycles. The standard InChI is InChI=1S/C14H13NO2/c1-9-7-11(5-6-13(9)14(16)17)12-4-3-10(2)15-8-12/h3-8H,1-2H3,(H,16,17). The Hall–Kier alpha value is -2.16. The SMILES string of the molecule is Cc1ccc(-c2ccc(C(=O)O)c(C)c2)cn1. The van der Waals surface area contributed by atoms with Crippen molar-refractivity contribution in [3.63, 3.8) is 0 Å². The van der Waals surface area contributed by atoms with Gasteiger partial charge in [-0.05, 0) is 37.1 Å². The summed E-state index contributed by atoms with van der Waals surface area (Å²) < 4.78 is 0. The van der Waals surface area contributed by atoms with Crippen LogP contribution < -0.4 is 0 Å². The van der Waals surface area contributed by atoms with Crippen LogP contribution >= 0.6 is 0 Å². The molecule has 0 bridgehead atoms. The lowest BCUT2D eigenvalue weighted by Gasteiger charge is -2.05. The molecule has 0 amide bonds. The normalized spacial score (nSPS) is 10.2. The Bertz CT molecular complexity index is 559. The molecule has 1 aromatic heterocycles. The van der Waals surface area contributed by atoms with E-state index in [0.717, 1.165) is 22.4 Å². The van der Waals surface area contributed by atoms with Crippen molar-refractivity contribution in [2.75, 3.05) is 0 Å². The van der Waals surface area contributed by atoms with E-state index in [1.54, 1.807) is 19.2 Å². The number of hydrogen-bond donors (Lipinski definition) is 1. The lowest BCUT2D eigenvalue weighted by Crippen LogP contribution is -1.99. The van der Waals surface area contributed by atoms with E-state index in [1.165, 1.54) is 0 Å². The lowest BCUT2D eigenvalue weighted by molar-refractivity contribution is 0.0696. The molecule has 17 heavy (non-hydrogen) atoms. The van der Waals surface area contributed by atoms with Gasteiger partial charge in [0.15, 0.2) is 0 Å². The number of aromatic nitrogens is 1. The van der Waals surface area contributed by atoms with E-state index >= 15 is 0 Å². The van der Waals surface area contributed by atoms with Crippen molar-refractivity contribution in [1.82, 2.24) is 4.98 Å². The summed E-state index contributed by atoms with van der Waals surface area (Å²) in [5, 5.41) is 8.95. The number of nitrogens with zero attached hydrogens (tertiary/aromatic N) is 1. The number of carboxylic acid groups (broad SMARTS) is 1. The molecule has 1 heterocycles. The van der Waals surface area contributed by atoms with E-state index in [0.29, 0.717) is 5.56 Å². The summed E-state index contributed by atoms with van der Waals surface area (Å²) in [6.45, 7) is 3.73. The molecule has 2 rings (SSSR count). The monoisotopic (exact) mass is 227 g/mol. The molecule has 0 atom stereocenters. The predicted molar refractivity (Wildman–Crippen MR) is 66.1 cm³/mol. The summed E-state index contributed by atoms with van der Waals surface area (Å²) >= 11 is 0. The molecule has 1 N–H and O–H groups in total. The predicted octanol–water partition coefficient (Wildman–Crippen LogP) is 3.06. The van der Waals surface area contributed by atoms with Gasteiger partial charge in [0.25, 0.3) is 0 Å². The molecule has 0 aliphatic rings. The van der Waals surface area contributed by atoms with Crippen molar-refractivity contribution in [1.29, 1.82) is 0 Å². The average Bonchev–Trinajstić information content (AvgIpc) is 2.29. The van der Waals surface area contributed by atoms with Crippen LogP contribution in [0.4, 0.5) is 0 Å². The van der Waals surface area contributed by atoms with Gasteiger partial charge >= 0.3 is 5.97 Å². The quantitative estimate of drug-likeness (QED) is 0.857. The number of hydrogen-bond acceptors (Lipinski definition) is 2. The second kappa shape index (κ2) is 4.37. The fraction of sp³-hybridized carbons (Fsp3) is 0.143.